The van der Waals surface area contributed by atoms with Crippen LogP contribution in [0.5, 0.6) is 5.75 Å². The lowest BCUT2D eigenvalue weighted by Crippen LogP contribution is -2.27. The van der Waals surface area contributed by atoms with Crippen molar-refractivity contribution in [3.05, 3.63) is 59.8 Å². The Kier molecular flexibility index (Phi) is 3.52. The van der Waals surface area contributed by atoms with Gasteiger partial charge in [0, 0.05) is 18.0 Å². The summed E-state index contributed by atoms with van der Waals surface area (Å²) >= 11 is 0. The molecule has 9 heteroatoms. The first-order valence-corrected chi connectivity index (χ1v) is 7.80. The van der Waals surface area contributed by atoms with Crippen LogP contribution in [-0.2, 0) is 10.0 Å². The quantitative estimate of drug-likeness (QED) is 0.829. The molecule has 2 heterocycles. The topological polar surface area (TPSA) is 59.0 Å². The Labute approximate surface area is 129 Å². The second-order valence-corrected chi connectivity index (χ2v) is 6.10. The molecule has 0 N–H and O–H groups in total. The SMILES string of the molecule is O=S1(=O)C=CN2C=CC=C(c3ccc(OC(F)(F)F)cc3)C2=N1. The van der Waals surface area contributed by atoms with E-state index in [1.807, 2.05) is 0 Å². The smallest absolute Gasteiger partial charge is 0.406 e. The van der Waals surface area contributed by atoms with Crippen LogP contribution in [0.1, 0.15) is 5.56 Å². The summed E-state index contributed by atoms with van der Waals surface area (Å²) in [6.45, 7) is 0. The molecule has 0 saturated heterocycles. The highest BCUT2D eigenvalue weighted by atomic mass is 32.2. The number of nitrogens with zero attached hydrogens (tertiary/aromatic N) is 2. The van der Waals surface area contributed by atoms with Gasteiger partial charge in [0.2, 0.25) is 0 Å². The van der Waals surface area contributed by atoms with Crippen LogP contribution in [-0.4, -0.2) is 25.5 Å². The Hall–Kier alpha value is -2.55. The van der Waals surface area contributed by atoms with Gasteiger partial charge in [-0.3, -0.25) is 0 Å². The molecule has 0 bridgehead atoms. The van der Waals surface area contributed by atoms with Crippen molar-refractivity contribution < 1.29 is 26.3 Å². The summed E-state index contributed by atoms with van der Waals surface area (Å²) in [6.07, 6.45) is 1.51. The van der Waals surface area contributed by atoms with Crippen molar-refractivity contribution in [3.8, 4) is 5.75 Å². The molecule has 120 valence electrons. The standard InChI is InChI=1S/C14H9F3N2O3S/c15-14(16,17)22-11-5-3-10(4-6-11)12-2-1-7-19-8-9-23(20,21)18-13(12)19/h1-9H. The molecule has 0 radical (unpaired) electrons. The minimum absolute atomic E-state index is 0.180. The molecule has 1 aromatic carbocycles. The van der Waals surface area contributed by atoms with Gasteiger partial charge in [-0.05, 0) is 29.8 Å². The Morgan fingerprint density at radius 3 is 2.43 bits per heavy atom. The summed E-state index contributed by atoms with van der Waals surface area (Å²) < 4.78 is 67.1. The second kappa shape index (κ2) is 5.27. The number of sulfonamides is 1. The molecule has 0 aliphatic carbocycles. The summed E-state index contributed by atoms with van der Waals surface area (Å²) in [7, 11) is -3.71. The Morgan fingerprint density at radius 2 is 1.78 bits per heavy atom. The minimum atomic E-state index is -4.77. The maximum Gasteiger partial charge on any atom is 0.573 e. The number of amidine groups is 1. The molecule has 23 heavy (non-hydrogen) atoms. The van der Waals surface area contributed by atoms with Crippen LogP contribution in [0.3, 0.4) is 0 Å². The van der Waals surface area contributed by atoms with Crippen LogP contribution in [0.2, 0.25) is 0 Å². The predicted molar refractivity (Wildman–Crippen MR) is 77.6 cm³/mol. The first-order valence-electron chi connectivity index (χ1n) is 6.30. The summed E-state index contributed by atoms with van der Waals surface area (Å²) in [5.74, 6) is -0.178. The largest absolute Gasteiger partial charge is 0.573 e. The molecule has 0 aromatic heterocycles. The van der Waals surface area contributed by atoms with Gasteiger partial charge >= 0.3 is 6.36 Å². The van der Waals surface area contributed by atoms with Crippen molar-refractivity contribution in [1.29, 1.82) is 0 Å². The molecule has 0 unspecified atom stereocenters. The summed E-state index contributed by atoms with van der Waals surface area (Å²) in [4.78, 5) is 1.51. The maximum absolute atomic E-state index is 12.2. The third-order valence-electron chi connectivity index (χ3n) is 3.00. The monoisotopic (exact) mass is 342 g/mol. The van der Waals surface area contributed by atoms with E-state index < -0.39 is 16.4 Å². The average molecular weight is 342 g/mol. The van der Waals surface area contributed by atoms with E-state index in [1.54, 1.807) is 18.4 Å². The van der Waals surface area contributed by atoms with E-state index >= 15 is 0 Å². The van der Waals surface area contributed by atoms with Crippen LogP contribution in [0.4, 0.5) is 13.2 Å². The number of rotatable bonds is 2. The lowest BCUT2D eigenvalue weighted by molar-refractivity contribution is -0.274. The van der Waals surface area contributed by atoms with Gasteiger partial charge in [0.1, 0.15) is 5.75 Å². The second-order valence-electron chi connectivity index (χ2n) is 4.62. The Morgan fingerprint density at radius 1 is 1.09 bits per heavy atom. The summed E-state index contributed by atoms with van der Waals surface area (Å²) in [5.41, 5.74) is 0.983. The fourth-order valence-corrected chi connectivity index (χ4v) is 2.87. The number of ether oxygens (including phenoxy) is 1. The first kappa shape index (κ1) is 15.3. The number of fused-ring (bicyclic) bond motifs is 1. The zero-order valence-corrected chi connectivity index (χ0v) is 12.2. The molecule has 0 fully saturated rings. The van der Waals surface area contributed by atoms with Gasteiger partial charge in [-0.2, -0.15) is 8.42 Å². The molecule has 5 nitrogen and oxygen atoms in total. The predicted octanol–water partition coefficient (Wildman–Crippen LogP) is 3.01. The van der Waals surface area contributed by atoms with Gasteiger partial charge in [0.15, 0.2) is 5.84 Å². The highest BCUT2D eigenvalue weighted by molar-refractivity contribution is 7.93. The lowest BCUT2D eigenvalue weighted by atomic mass is 10.0. The van der Waals surface area contributed by atoms with E-state index in [2.05, 4.69) is 9.13 Å². The van der Waals surface area contributed by atoms with Gasteiger partial charge in [-0.1, -0.05) is 12.1 Å². The van der Waals surface area contributed by atoms with Crippen molar-refractivity contribution in [2.75, 3.05) is 0 Å². The average Bonchev–Trinajstić information content (AvgIpc) is 2.45. The van der Waals surface area contributed by atoms with E-state index in [4.69, 9.17) is 0 Å². The number of hydrogen-bond acceptors (Lipinski definition) is 4. The van der Waals surface area contributed by atoms with Crippen molar-refractivity contribution in [1.82, 2.24) is 4.90 Å². The third-order valence-corrected chi connectivity index (χ3v) is 3.89. The first-order chi connectivity index (χ1) is 10.7. The van der Waals surface area contributed by atoms with Crippen LogP contribution in [0.25, 0.3) is 5.57 Å². The Bertz CT molecular complexity index is 850. The Balaban J connectivity index is 1.94. The molecule has 0 saturated carbocycles. The van der Waals surface area contributed by atoms with Gasteiger partial charge in [-0.15, -0.1) is 17.6 Å². The maximum atomic E-state index is 12.2. The minimum Gasteiger partial charge on any atom is -0.406 e. The molecular formula is C14H9F3N2O3S. The molecule has 0 atom stereocenters. The van der Waals surface area contributed by atoms with E-state index in [0.717, 1.165) is 17.5 Å². The third kappa shape index (κ3) is 3.45. The molecule has 2 aliphatic heterocycles. The van der Waals surface area contributed by atoms with Gasteiger partial charge in [0.05, 0.1) is 5.41 Å². The number of allylic oxidation sites excluding steroid dienone is 2. The van der Waals surface area contributed by atoms with Crippen molar-refractivity contribution in [2.24, 2.45) is 4.40 Å². The van der Waals surface area contributed by atoms with Gasteiger partial charge in [-0.25, -0.2) is 0 Å². The van der Waals surface area contributed by atoms with E-state index in [0.29, 0.717) is 11.1 Å². The normalized spacial score (nSPS) is 19.0. The molecule has 0 spiro atoms. The number of alkyl halides is 3. The van der Waals surface area contributed by atoms with Gasteiger partial charge < -0.3 is 9.64 Å². The van der Waals surface area contributed by atoms with Crippen molar-refractivity contribution in [3.63, 3.8) is 0 Å². The van der Waals surface area contributed by atoms with Crippen molar-refractivity contribution >= 4 is 21.4 Å². The van der Waals surface area contributed by atoms with Gasteiger partial charge in [0.25, 0.3) is 10.0 Å². The molecule has 1 aromatic rings. The molecule has 2 aliphatic rings. The van der Waals surface area contributed by atoms with Crippen LogP contribution >= 0.6 is 0 Å². The fourth-order valence-electron chi connectivity index (χ4n) is 2.09. The number of benzene rings is 1. The summed E-state index contributed by atoms with van der Waals surface area (Å²) in [6, 6.07) is 5.11. The van der Waals surface area contributed by atoms with Crippen molar-refractivity contribution in [2.45, 2.75) is 6.36 Å². The number of hydrogen-bond donors (Lipinski definition) is 0. The zero-order chi connectivity index (χ0) is 16.7. The lowest BCUT2D eigenvalue weighted by Gasteiger charge is -2.25. The highest BCUT2D eigenvalue weighted by Crippen LogP contribution is 2.29. The van der Waals surface area contributed by atoms with E-state index in [9.17, 15) is 21.6 Å². The zero-order valence-electron chi connectivity index (χ0n) is 11.4. The molecule has 3 rings (SSSR count). The highest BCUT2D eigenvalue weighted by Gasteiger charge is 2.31. The fraction of sp³-hybridized carbons (Fsp3) is 0.0714. The summed E-state index contributed by atoms with van der Waals surface area (Å²) in [5, 5.41) is 0.962. The van der Waals surface area contributed by atoms with E-state index in [1.165, 1.54) is 23.2 Å². The molecule has 0 amide bonds. The number of halogens is 3. The van der Waals surface area contributed by atoms with Crippen LogP contribution in [0, 0.1) is 0 Å². The van der Waals surface area contributed by atoms with Crippen LogP contribution in [0.15, 0.2) is 58.6 Å². The van der Waals surface area contributed by atoms with Crippen LogP contribution < -0.4 is 4.74 Å². The molecular weight excluding hydrogens is 333 g/mol. The van der Waals surface area contributed by atoms with E-state index in [-0.39, 0.29) is 11.6 Å².